The number of nitrogens with zero attached hydrogens (tertiary/aromatic N) is 1. The summed E-state index contributed by atoms with van der Waals surface area (Å²) in [6, 6.07) is 8.95. The van der Waals surface area contributed by atoms with Gasteiger partial charge in [-0.3, -0.25) is 4.79 Å². The van der Waals surface area contributed by atoms with Crippen molar-refractivity contribution in [2.45, 2.75) is 46.0 Å². The summed E-state index contributed by atoms with van der Waals surface area (Å²) in [5.41, 5.74) is 3.77. The summed E-state index contributed by atoms with van der Waals surface area (Å²) in [5.74, 6) is 1.62. The standard InChI is InChI=1S/C21H31NO/c1-15(2)12-17-6-8-18(9-7-17)16(3)13-19-10-11-20(21(19)23)14-22(4)5/h6-10,15-16,20H,11-14H2,1-5H3/t16-,20+/m0/s1. The van der Waals surface area contributed by atoms with E-state index in [1.807, 2.05) is 14.1 Å². The Balaban J connectivity index is 1.94. The second kappa shape index (κ2) is 7.92. The molecule has 0 amide bonds. The fourth-order valence-electron chi connectivity index (χ4n) is 3.44. The van der Waals surface area contributed by atoms with E-state index in [1.165, 1.54) is 11.1 Å². The maximum atomic E-state index is 12.5. The summed E-state index contributed by atoms with van der Waals surface area (Å²) in [5, 5.41) is 0. The lowest BCUT2D eigenvalue weighted by molar-refractivity contribution is -0.118. The van der Waals surface area contributed by atoms with Crippen LogP contribution in [-0.4, -0.2) is 31.3 Å². The summed E-state index contributed by atoms with van der Waals surface area (Å²) in [4.78, 5) is 14.6. The number of carbonyl (C=O) groups excluding carboxylic acids is 1. The Labute approximate surface area is 141 Å². The molecule has 0 heterocycles. The highest BCUT2D eigenvalue weighted by molar-refractivity contribution is 5.99. The van der Waals surface area contributed by atoms with Crippen molar-refractivity contribution in [3.63, 3.8) is 0 Å². The van der Waals surface area contributed by atoms with Crippen LogP contribution in [0, 0.1) is 11.8 Å². The maximum Gasteiger partial charge on any atom is 0.163 e. The first-order valence-electron chi connectivity index (χ1n) is 8.83. The molecule has 0 bridgehead atoms. The molecule has 0 saturated heterocycles. The van der Waals surface area contributed by atoms with E-state index in [4.69, 9.17) is 0 Å². The zero-order valence-electron chi connectivity index (χ0n) is 15.3. The lowest BCUT2D eigenvalue weighted by Gasteiger charge is -2.17. The lowest BCUT2D eigenvalue weighted by atomic mass is 9.90. The van der Waals surface area contributed by atoms with Gasteiger partial charge < -0.3 is 4.90 Å². The van der Waals surface area contributed by atoms with Gasteiger partial charge in [0.05, 0.1) is 0 Å². The summed E-state index contributed by atoms with van der Waals surface area (Å²) in [7, 11) is 4.07. The van der Waals surface area contributed by atoms with E-state index >= 15 is 0 Å². The Bertz CT molecular complexity index is 554. The predicted molar refractivity (Wildman–Crippen MR) is 97.8 cm³/mol. The number of hydrogen-bond acceptors (Lipinski definition) is 2. The first kappa shape index (κ1) is 17.9. The molecule has 0 aromatic heterocycles. The molecule has 126 valence electrons. The first-order valence-corrected chi connectivity index (χ1v) is 8.83. The van der Waals surface area contributed by atoms with E-state index in [9.17, 15) is 4.79 Å². The number of carbonyl (C=O) groups is 1. The topological polar surface area (TPSA) is 20.3 Å². The first-order chi connectivity index (χ1) is 10.9. The highest BCUT2D eigenvalue weighted by Gasteiger charge is 2.28. The Kier molecular flexibility index (Phi) is 6.17. The highest BCUT2D eigenvalue weighted by Crippen LogP contribution is 2.30. The molecule has 0 N–H and O–H groups in total. The molecule has 0 fully saturated rings. The molecule has 23 heavy (non-hydrogen) atoms. The second-order valence-corrected chi connectivity index (χ2v) is 7.73. The highest BCUT2D eigenvalue weighted by atomic mass is 16.1. The van der Waals surface area contributed by atoms with Gasteiger partial charge in [0.1, 0.15) is 0 Å². The number of benzene rings is 1. The Hall–Kier alpha value is -1.41. The van der Waals surface area contributed by atoms with Crippen LogP contribution in [-0.2, 0) is 11.2 Å². The monoisotopic (exact) mass is 313 g/mol. The average Bonchev–Trinajstić information content (AvgIpc) is 2.80. The van der Waals surface area contributed by atoms with Crippen LogP contribution in [0.2, 0.25) is 0 Å². The SMILES string of the molecule is CC(C)Cc1ccc([C@@H](C)CC2=CC[C@H](CN(C)C)C2=O)cc1. The average molecular weight is 313 g/mol. The second-order valence-electron chi connectivity index (χ2n) is 7.73. The molecular weight excluding hydrogens is 282 g/mol. The van der Waals surface area contributed by atoms with E-state index in [0.29, 0.717) is 17.6 Å². The molecule has 2 rings (SSSR count). The molecule has 2 nitrogen and oxygen atoms in total. The summed E-state index contributed by atoms with van der Waals surface area (Å²) < 4.78 is 0. The number of rotatable bonds is 7. The third-order valence-corrected chi connectivity index (χ3v) is 4.64. The van der Waals surface area contributed by atoms with Crippen LogP contribution in [0.5, 0.6) is 0 Å². The minimum Gasteiger partial charge on any atom is -0.309 e. The molecule has 0 unspecified atom stereocenters. The Morgan fingerprint density at radius 2 is 1.74 bits per heavy atom. The molecule has 2 atom stereocenters. The number of ketones is 1. The van der Waals surface area contributed by atoms with Crippen molar-refractivity contribution in [1.29, 1.82) is 0 Å². The molecule has 0 spiro atoms. The molecule has 0 aliphatic heterocycles. The van der Waals surface area contributed by atoms with Crippen LogP contribution in [0.15, 0.2) is 35.9 Å². The zero-order valence-corrected chi connectivity index (χ0v) is 15.3. The third-order valence-electron chi connectivity index (χ3n) is 4.64. The van der Waals surface area contributed by atoms with Gasteiger partial charge in [-0.1, -0.05) is 51.1 Å². The van der Waals surface area contributed by atoms with Gasteiger partial charge in [0.15, 0.2) is 5.78 Å². The van der Waals surface area contributed by atoms with Crippen molar-refractivity contribution < 1.29 is 4.79 Å². The van der Waals surface area contributed by atoms with Crippen LogP contribution in [0.25, 0.3) is 0 Å². The Morgan fingerprint density at radius 1 is 1.09 bits per heavy atom. The predicted octanol–water partition coefficient (Wildman–Crippen LogP) is 4.46. The molecule has 1 aliphatic carbocycles. The summed E-state index contributed by atoms with van der Waals surface area (Å²) in [6.07, 6.45) is 5.07. The minimum absolute atomic E-state index is 0.167. The van der Waals surface area contributed by atoms with Crippen molar-refractivity contribution in [3.8, 4) is 0 Å². The lowest BCUT2D eigenvalue weighted by Crippen LogP contribution is -2.25. The number of Topliss-reactive ketones (excluding diaryl/α,β-unsaturated/α-hetero) is 1. The van der Waals surface area contributed by atoms with Gasteiger partial charge in [-0.05, 0) is 61.9 Å². The van der Waals surface area contributed by atoms with Crippen molar-refractivity contribution in [2.75, 3.05) is 20.6 Å². The molecule has 1 aromatic rings. The molecule has 2 heteroatoms. The van der Waals surface area contributed by atoms with Gasteiger partial charge in [-0.15, -0.1) is 0 Å². The van der Waals surface area contributed by atoms with E-state index in [2.05, 4.69) is 56.0 Å². The Morgan fingerprint density at radius 3 is 2.30 bits per heavy atom. The maximum absolute atomic E-state index is 12.5. The van der Waals surface area contributed by atoms with Gasteiger partial charge in [-0.2, -0.15) is 0 Å². The van der Waals surface area contributed by atoms with Gasteiger partial charge in [0, 0.05) is 12.5 Å². The third kappa shape index (κ3) is 5.04. The van der Waals surface area contributed by atoms with Crippen molar-refractivity contribution in [2.24, 2.45) is 11.8 Å². The van der Waals surface area contributed by atoms with Crippen LogP contribution >= 0.6 is 0 Å². The smallest absolute Gasteiger partial charge is 0.163 e. The molecular formula is C21H31NO. The molecule has 1 aromatic carbocycles. The quantitative estimate of drug-likeness (QED) is 0.741. The minimum atomic E-state index is 0.167. The van der Waals surface area contributed by atoms with Crippen molar-refractivity contribution >= 4 is 5.78 Å². The van der Waals surface area contributed by atoms with Crippen LogP contribution < -0.4 is 0 Å². The normalized spacial score (nSPS) is 19.5. The van der Waals surface area contributed by atoms with Crippen molar-refractivity contribution in [1.82, 2.24) is 4.90 Å². The van der Waals surface area contributed by atoms with Gasteiger partial charge in [0.2, 0.25) is 0 Å². The summed E-state index contributed by atoms with van der Waals surface area (Å²) in [6.45, 7) is 7.58. The van der Waals surface area contributed by atoms with Gasteiger partial charge in [-0.25, -0.2) is 0 Å². The summed E-state index contributed by atoms with van der Waals surface area (Å²) >= 11 is 0. The van der Waals surface area contributed by atoms with E-state index in [0.717, 1.165) is 31.4 Å². The number of allylic oxidation sites excluding steroid dienone is 2. The van der Waals surface area contributed by atoms with Crippen molar-refractivity contribution in [3.05, 3.63) is 47.0 Å². The molecule has 0 saturated carbocycles. The molecule has 0 radical (unpaired) electrons. The zero-order chi connectivity index (χ0) is 17.0. The fourth-order valence-corrected chi connectivity index (χ4v) is 3.44. The van der Waals surface area contributed by atoms with Crippen LogP contribution in [0.1, 0.15) is 50.7 Å². The van der Waals surface area contributed by atoms with E-state index in [1.54, 1.807) is 0 Å². The van der Waals surface area contributed by atoms with Crippen LogP contribution in [0.3, 0.4) is 0 Å². The van der Waals surface area contributed by atoms with E-state index < -0.39 is 0 Å². The van der Waals surface area contributed by atoms with Gasteiger partial charge >= 0.3 is 0 Å². The van der Waals surface area contributed by atoms with E-state index in [-0.39, 0.29) is 5.92 Å². The fraction of sp³-hybridized carbons (Fsp3) is 0.571. The largest absolute Gasteiger partial charge is 0.309 e. The van der Waals surface area contributed by atoms with Gasteiger partial charge in [0.25, 0.3) is 0 Å². The van der Waals surface area contributed by atoms with Crippen LogP contribution in [0.4, 0.5) is 0 Å². The molecule has 1 aliphatic rings. The number of hydrogen-bond donors (Lipinski definition) is 0.